The second-order valence-electron chi connectivity index (χ2n) is 4.99. The van der Waals surface area contributed by atoms with Gasteiger partial charge in [0, 0.05) is 12.6 Å². The van der Waals surface area contributed by atoms with Gasteiger partial charge in [0.05, 0.1) is 0 Å². The van der Waals surface area contributed by atoms with Crippen LogP contribution in [0.15, 0.2) is 4.99 Å². The highest BCUT2D eigenvalue weighted by molar-refractivity contribution is 5.78. The number of hydrogen-bond acceptors (Lipinski definition) is 1. The lowest BCUT2D eigenvalue weighted by atomic mass is 10.0. The van der Waals surface area contributed by atoms with Crippen molar-refractivity contribution in [1.82, 2.24) is 5.32 Å². The monoisotopic (exact) mass is 227 g/mol. The van der Waals surface area contributed by atoms with Crippen molar-refractivity contribution in [1.29, 1.82) is 0 Å². The minimum absolute atomic E-state index is 0.434. The van der Waals surface area contributed by atoms with Gasteiger partial charge in [-0.2, -0.15) is 0 Å². The lowest BCUT2D eigenvalue weighted by Crippen LogP contribution is -2.38. The molecule has 0 saturated heterocycles. The Morgan fingerprint density at radius 2 is 1.88 bits per heavy atom. The summed E-state index contributed by atoms with van der Waals surface area (Å²) in [6.07, 6.45) is 6.00. The van der Waals surface area contributed by atoms with Crippen LogP contribution < -0.4 is 11.1 Å². The van der Waals surface area contributed by atoms with Crippen molar-refractivity contribution >= 4 is 5.96 Å². The molecule has 0 radical (unpaired) electrons. The Kier molecular flexibility index (Phi) is 9.06. The van der Waals surface area contributed by atoms with Gasteiger partial charge in [0.1, 0.15) is 0 Å². The van der Waals surface area contributed by atoms with E-state index in [0.717, 1.165) is 18.9 Å². The molecule has 3 nitrogen and oxygen atoms in total. The SMILES string of the molecule is CCCCN=C(N)NC(C)CCCC(C)C. The standard InChI is InChI=1S/C13H29N3/c1-5-6-10-15-13(14)16-12(4)9-7-8-11(2)3/h11-12H,5-10H2,1-4H3,(H3,14,15,16). The lowest BCUT2D eigenvalue weighted by Gasteiger charge is -2.14. The van der Waals surface area contributed by atoms with Crippen molar-refractivity contribution in [3.05, 3.63) is 0 Å². The molecular weight excluding hydrogens is 198 g/mol. The third kappa shape index (κ3) is 9.81. The van der Waals surface area contributed by atoms with E-state index in [-0.39, 0.29) is 0 Å². The van der Waals surface area contributed by atoms with E-state index >= 15 is 0 Å². The van der Waals surface area contributed by atoms with Gasteiger partial charge >= 0.3 is 0 Å². The van der Waals surface area contributed by atoms with Crippen LogP contribution in [0.5, 0.6) is 0 Å². The maximum Gasteiger partial charge on any atom is 0.188 e. The van der Waals surface area contributed by atoms with Crippen LogP contribution in [0.3, 0.4) is 0 Å². The third-order valence-electron chi connectivity index (χ3n) is 2.61. The zero-order valence-corrected chi connectivity index (χ0v) is 11.4. The Morgan fingerprint density at radius 1 is 1.19 bits per heavy atom. The topological polar surface area (TPSA) is 50.4 Å². The number of guanidine groups is 1. The summed E-state index contributed by atoms with van der Waals surface area (Å²) in [6, 6.07) is 0.434. The molecule has 0 spiro atoms. The van der Waals surface area contributed by atoms with E-state index in [0.29, 0.717) is 12.0 Å². The highest BCUT2D eigenvalue weighted by atomic mass is 15.1. The average Bonchev–Trinajstić information content (AvgIpc) is 2.17. The lowest BCUT2D eigenvalue weighted by molar-refractivity contribution is 0.493. The fourth-order valence-corrected chi connectivity index (χ4v) is 1.56. The first-order chi connectivity index (χ1) is 7.56. The number of aliphatic imine (C=N–C) groups is 1. The van der Waals surface area contributed by atoms with E-state index in [2.05, 4.69) is 38.0 Å². The van der Waals surface area contributed by atoms with Gasteiger partial charge < -0.3 is 11.1 Å². The van der Waals surface area contributed by atoms with Crippen molar-refractivity contribution in [3.63, 3.8) is 0 Å². The van der Waals surface area contributed by atoms with Crippen molar-refractivity contribution in [3.8, 4) is 0 Å². The normalized spacial score (nSPS) is 14.2. The van der Waals surface area contributed by atoms with Gasteiger partial charge in [-0.1, -0.05) is 40.0 Å². The summed E-state index contributed by atoms with van der Waals surface area (Å²) in [4.78, 5) is 4.28. The first kappa shape index (κ1) is 15.3. The van der Waals surface area contributed by atoms with Crippen molar-refractivity contribution in [2.75, 3.05) is 6.54 Å². The van der Waals surface area contributed by atoms with Gasteiger partial charge in [-0.15, -0.1) is 0 Å². The molecule has 0 aromatic heterocycles. The van der Waals surface area contributed by atoms with Gasteiger partial charge in [0.2, 0.25) is 0 Å². The van der Waals surface area contributed by atoms with Crippen LogP contribution in [0.1, 0.15) is 59.8 Å². The van der Waals surface area contributed by atoms with Gasteiger partial charge in [-0.05, 0) is 25.7 Å². The Labute approximate surface area is 101 Å². The fraction of sp³-hybridized carbons (Fsp3) is 0.923. The van der Waals surface area contributed by atoms with Gasteiger partial charge in [0.15, 0.2) is 5.96 Å². The van der Waals surface area contributed by atoms with E-state index in [9.17, 15) is 0 Å². The largest absolute Gasteiger partial charge is 0.370 e. The Bertz CT molecular complexity index is 188. The first-order valence-corrected chi connectivity index (χ1v) is 6.62. The minimum atomic E-state index is 0.434. The third-order valence-corrected chi connectivity index (χ3v) is 2.61. The molecule has 0 heterocycles. The molecule has 0 bridgehead atoms. The molecule has 0 aromatic carbocycles. The quantitative estimate of drug-likeness (QED) is 0.380. The second kappa shape index (κ2) is 9.49. The molecule has 3 heteroatoms. The molecule has 0 aliphatic rings. The number of hydrogen-bond donors (Lipinski definition) is 2. The molecule has 16 heavy (non-hydrogen) atoms. The zero-order valence-electron chi connectivity index (χ0n) is 11.4. The number of nitrogens with zero attached hydrogens (tertiary/aromatic N) is 1. The van der Waals surface area contributed by atoms with Crippen LogP contribution in [0, 0.1) is 5.92 Å². The molecule has 3 N–H and O–H groups in total. The average molecular weight is 227 g/mol. The van der Waals surface area contributed by atoms with Crippen molar-refractivity contribution in [2.45, 2.75) is 65.8 Å². The summed E-state index contributed by atoms with van der Waals surface area (Å²) < 4.78 is 0. The molecule has 0 amide bonds. The van der Waals surface area contributed by atoms with Crippen LogP contribution in [0.25, 0.3) is 0 Å². The van der Waals surface area contributed by atoms with Crippen LogP contribution in [-0.4, -0.2) is 18.5 Å². The molecule has 1 unspecified atom stereocenters. The second-order valence-corrected chi connectivity index (χ2v) is 4.99. The van der Waals surface area contributed by atoms with Crippen LogP contribution in [0.4, 0.5) is 0 Å². The summed E-state index contributed by atoms with van der Waals surface area (Å²) >= 11 is 0. The number of nitrogens with two attached hydrogens (primary N) is 1. The van der Waals surface area contributed by atoms with Crippen molar-refractivity contribution < 1.29 is 0 Å². The van der Waals surface area contributed by atoms with Crippen molar-refractivity contribution in [2.24, 2.45) is 16.6 Å². The summed E-state index contributed by atoms with van der Waals surface area (Å²) in [5, 5.41) is 3.24. The molecule has 0 aliphatic heterocycles. The smallest absolute Gasteiger partial charge is 0.188 e. The number of rotatable bonds is 8. The number of nitrogens with one attached hydrogen (secondary N) is 1. The van der Waals surface area contributed by atoms with Crippen LogP contribution >= 0.6 is 0 Å². The van der Waals surface area contributed by atoms with Crippen LogP contribution in [-0.2, 0) is 0 Å². The molecule has 0 fully saturated rings. The summed E-state index contributed by atoms with van der Waals surface area (Å²) in [5.41, 5.74) is 5.79. The van der Waals surface area contributed by atoms with Crippen LogP contribution in [0.2, 0.25) is 0 Å². The maximum atomic E-state index is 5.79. The van der Waals surface area contributed by atoms with Gasteiger partial charge in [-0.25, -0.2) is 0 Å². The summed E-state index contributed by atoms with van der Waals surface area (Å²) in [5.74, 6) is 1.40. The Balaban J connectivity index is 3.60. The highest BCUT2D eigenvalue weighted by Crippen LogP contribution is 2.07. The summed E-state index contributed by atoms with van der Waals surface area (Å²) in [7, 11) is 0. The van der Waals surface area contributed by atoms with Gasteiger partial charge in [-0.3, -0.25) is 4.99 Å². The number of unbranched alkanes of at least 4 members (excludes halogenated alkanes) is 1. The Hall–Kier alpha value is -0.730. The van der Waals surface area contributed by atoms with E-state index in [1.807, 2.05) is 0 Å². The minimum Gasteiger partial charge on any atom is -0.370 e. The molecule has 0 rings (SSSR count). The molecule has 96 valence electrons. The van der Waals surface area contributed by atoms with Gasteiger partial charge in [0.25, 0.3) is 0 Å². The summed E-state index contributed by atoms with van der Waals surface area (Å²) in [6.45, 7) is 9.70. The highest BCUT2D eigenvalue weighted by Gasteiger charge is 2.03. The predicted octanol–water partition coefficient (Wildman–Crippen LogP) is 2.91. The van der Waals surface area contributed by atoms with E-state index < -0.39 is 0 Å². The predicted molar refractivity (Wildman–Crippen MR) is 72.7 cm³/mol. The van der Waals surface area contributed by atoms with E-state index in [1.54, 1.807) is 0 Å². The molecule has 0 aliphatic carbocycles. The first-order valence-electron chi connectivity index (χ1n) is 6.62. The van der Waals surface area contributed by atoms with E-state index in [1.165, 1.54) is 25.7 Å². The van der Waals surface area contributed by atoms with E-state index in [4.69, 9.17) is 5.73 Å². The molecule has 1 atom stereocenters. The zero-order chi connectivity index (χ0) is 12.4. The Morgan fingerprint density at radius 3 is 2.44 bits per heavy atom. The molecule has 0 saturated carbocycles. The molecular formula is C13H29N3. The molecule has 0 aromatic rings. The fourth-order valence-electron chi connectivity index (χ4n) is 1.56. The maximum absolute atomic E-state index is 5.79.